The van der Waals surface area contributed by atoms with E-state index in [2.05, 4.69) is 4.98 Å². The lowest BCUT2D eigenvalue weighted by Crippen LogP contribution is -2.19. The molecule has 0 radical (unpaired) electrons. The van der Waals surface area contributed by atoms with Gasteiger partial charge in [0.05, 0.1) is 10.6 Å². The van der Waals surface area contributed by atoms with E-state index < -0.39 is 0 Å². The lowest BCUT2D eigenvalue weighted by molar-refractivity contribution is 0.482. The van der Waals surface area contributed by atoms with Crippen LogP contribution in [0.2, 0.25) is 0 Å². The number of pyridine rings is 1. The second kappa shape index (κ2) is 4.45. The van der Waals surface area contributed by atoms with Crippen molar-refractivity contribution in [1.29, 1.82) is 0 Å². The predicted octanol–water partition coefficient (Wildman–Crippen LogP) is 2.98. The molecule has 0 bridgehead atoms. The Morgan fingerprint density at radius 1 is 1.25 bits per heavy atom. The third-order valence-electron chi connectivity index (χ3n) is 3.42. The number of aromatic nitrogens is 2. The van der Waals surface area contributed by atoms with Crippen molar-refractivity contribution in [3.05, 3.63) is 45.2 Å². The molecule has 4 nitrogen and oxygen atoms in total. The van der Waals surface area contributed by atoms with Crippen molar-refractivity contribution in [1.82, 2.24) is 9.55 Å². The van der Waals surface area contributed by atoms with E-state index in [9.17, 15) is 9.90 Å². The first-order valence-electron chi connectivity index (χ1n) is 6.25. The molecule has 0 saturated carbocycles. The van der Waals surface area contributed by atoms with Gasteiger partial charge in [-0.2, -0.15) is 0 Å². The van der Waals surface area contributed by atoms with E-state index in [1.807, 2.05) is 38.1 Å². The average molecular weight is 286 g/mol. The molecule has 20 heavy (non-hydrogen) atoms. The zero-order valence-corrected chi connectivity index (χ0v) is 12.3. The zero-order chi connectivity index (χ0) is 14.4. The molecule has 3 aromatic rings. The number of aryl methyl sites for hydroxylation is 3. The first-order chi connectivity index (χ1) is 9.50. The number of hydrogen-bond acceptors (Lipinski definition) is 4. The smallest absolute Gasteiger partial charge is 0.263 e. The van der Waals surface area contributed by atoms with Gasteiger partial charge in [-0.1, -0.05) is 24.3 Å². The molecule has 0 atom stereocenters. The molecular weight excluding hydrogens is 272 g/mol. The summed E-state index contributed by atoms with van der Waals surface area (Å²) in [6.07, 6.45) is 0. The van der Waals surface area contributed by atoms with Gasteiger partial charge in [-0.15, -0.1) is 11.3 Å². The third-order valence-corrected chi connectivity index (χ3v) is 4.39. The van der Waals surface area contributed by atoms with Crippen LogP contribution >= 0.6 is 11.3 Å². The Bertz CT molecular complexity index is 877. The minimum absolute atomic E-state index is 0.0306. The third kappa shape index (κ3) is 1.74. The second-order valence-electron chi connectivity index (χ2n) is 4.79. The van der Waals surface area contributed by atoms with Gasteiger partial charge in [0.25, 0.3) is 5.56 Å². The van der Waals surface area contributed by atoms with Crippen molar-refractivity contribution in [2.24, 2.45) is 7.05 Å². The molecule has 0 spiro atoms. The summed E-state index contributed by atoms with van der Waals surface area (Å²) in [7, 11) is 1.69. The van der Waals surface area contributed by atoms with Gasteiger partial charge in [0, 0.05) is 7.05 Å². The van der Waals surface area contributed by atoms with Crippen molar-refractivity contribution in [2.75, 3.05) is 0 Å². The van der Waals surface area contributed by atoms with E-state index in [-0.39, 0.29) is 11.3 Å². The van der Waals surface area contributed by atoms with E-state index in [1.165, 1.54) is 15.9 Å². The van der Waals surface area contributed by atoms with Crippen LogP contribution in [0.3, 0.4) is 0 Å². The van der Waals surface area contributed by atoms with Crippen molar-refractivity contribution >= 4 is 21.7 Å². The minimum atomic E-state index is -0.227. The summed E-state index contributed by atoms with van der Waals surface area (Å²) in [5.41, 5.74) is 2.38. The van der Waals surface area contributed by atoms with Gasteiger partial charge in [0.15, 0.2) is 5.65 Å². The fourth-order valence-electron chi connectivity index (χ4n) is 2.37. The Morgan fingerprint density at radius 2 is 1.95 bits per heavy atom. The monoisotopic (exact) mass is 286 g/mol. The Labute approximate surface area is 120 Å². The molecule has 0 unspecified atom stereocenters. The molecule has 0 aliphatic heterocycles. The molecule has 0 aliphatic carbocycles. The average Bonchev–Trinajstić information content (AvgIpc) is 2.81. The topological polar surface area (TPSA) is 55.1 Å². The predicted molar refractivity (Wildman–Crippen MR) is 81.4 cm³/mol. The van der Waals surface area contributed by atoms with Crippen molar-refractivity contribution < 1.29 is 5.11 Å². The van der Waals surface area contributed by atoms with Crippen LogP contribution in [0.5, 0.6) is 5.75 Å². The van der Waals surface area contributed by atoms with Gasteiger partial charge >= 0.3 is 0 Å². The second-order valence-corrected chi connectivity index (χ2v) is 5.99. The van der Waals surface area contributed by atoms with Gasteiger partial charge in [-0.25, -0.2) is 4.98 Å². The molecule has 0 fully saturated rings. The molecule has 102 valence electrons. The molecule has 5 heteroatoms. The van der Waals surface area contributed by atoms with Crippen LogP contribution < -0.4 is 5.56 Å². The number of nitrogens with zero attached hydrogens (tertiary/aromatic N) is 2. The quantitative estimate of drug-likeness (QED) is 0.748. The number of aromatic hydroxyl groups is 1. The standard InChI is InChI=1S/C15H14N2O2S/c1-8-6-4-5-7-10(8)11-12(18)13-14(16-9(2)20-13)17(3)15(11)19/h4-7,18H,1-3H3. The van der Waals surface area contributed by atoms with E-state index in [1.54, 1.807) is 7.05 Å². The summed E-state index contributed by atoms with van der Waals surface area (Å²) in [4.78, 5) is 16.8. The molecule has 3 rings (SSSR count). The molecule has 0 amide bonds. The number of benzene rings is 1. The highest BCUT2D eigenvalue weighted by Crippen LogP contribution is 2.36. The van der Waals surface area contributed by atoms with Gasteiger partial charge in [0.1, 0.15) is 10.4 Å². The van der Waals surface area contributed by atoms with Gasteiger partial charge in [0.2, 0.25) is 0 Å². The van der Waals surface area contributed by atoms with Crippen LogP contribution in [-0.4, -0.2) is 14.7 Å². The van der Waals surface area contributed by atoms with Crippen molar-refractivity contribution in [2.45, 2.75) is 13.8 Å². The number of hydrogen-bond donors (Lipinski definition) is 1. The van der Waals surface area contributed by atoms with E-state index >= 15 is 0 Å². The molecule has 1 aromatic carbocycles. The maximum Gasteiger partial charge on any atom is 0.263 e. The van der Waals surface area contributed by atoms with Gasteiger partial charge < -0.3 is 5.11 Å². The van der Waals surface area contributed by atoms with Crippen LogP contribution in [0.4, 0.5) is 0 Å². The largest absolute Gasteiger partial charge is 0.505 e. The summed E-state index contributed by atoms with van der Waals surface area (Å²) < 4.78 is 2.16. The Kier molecular flexibility index (Phi) is 2.87. The lowest BCUT2D eigenvalue weighted by atomic mass is 10.0. The van der Waals surface area contributed by atoms with Crippen LogP contribution in [-0.2, 0) is 7.05 Å². The SMILES string of the molecule is Cc1nc2c(s1)c(O)c(-c1ccccc1C)c(=O)n2C. The highest BCUT2D eigenvalue weighted by Gasteiger charge is 2.19. The van der Waals surface area contributed by atoms with Crippen LogP contribution in [0, 0.1) is 13.8 Å². The number of rotatable bonds is 1. The van der Waals surface area contributed by atoms with Crippen LogP contribution in [0.25, 0.3) is 21.5 Å². The van der Waals surface area contributed by atoms with Crippen LogP contribution in [0.1, 0.15) is 10.6 Å². The maximum absolute atomic E-state index is 12.5. The highest BCUT2D eigenvalue weighted by atomic mass is 32.1. The lowest BCUT2D eigenvalue weighted by Gasteiger charge is -2.10. The number of fused-ring (bicyclic) bond motifs is 1. The van der Waals surface area contributed by atoms with Crippen molar-refractivity contribution in [3.8, 4) is 16.9 Å². The first-order valence-corrected chi connectivity index (χ1v) is 7.07. The molecule has 0 saturated heterocycles. The summed E-state index contributed by atoms with van der Waals surface area (Å²) in [5.74, 6) is 0.0306. The van der Waals surface area contributed by atoms with Crippen molar-refractivity contribution in [3.63, 3.8) is 0 Å². The molecule has 2 heterocycles. The van der Waals surface area contributed by atoms with Gasteiger partial charge in [-0.05, 0) is 25.0 Å². The van der Waals surface area contributed by atoms with Crippen LogP contribution in [0.15, 0.2) is 29.1 Å². The zero-order valence-electron chi connectivity index (χ0n) is 11.5. The molecule has 1 N–H and O–H groups in total. The molecular formula is C15H14N2O2S. The number of thiazole rings is 1. The van der Waals surface area contributed by atoms with E-state index in [0.717, 1.165) is 16.1 Å². The first kappa shape index (κ1) is 12.9. The van der Waals surface area contributed by atoms with E-state index in [0.29, 0.717) is 15.9 Å². The normalized spacial score (nSPS) is 11.2. The Hall–Kier alpha value is -2.14. The maximum atomic E-state index is 12.5. The fourth-order valence-corrected chi connectivity index (χ4v) is 3.27. The summed E-state index contributed by atoms with van der Waals surface area (Å²) in [6.45, 7) is 3.79. The summed E-state index contributed by atoms with van der Waals surface area (Å²) in [6, 6.07) is 7.56. The highest BCUT2D eigenvalue weighted by molar-refractivity contribution is 7.18. The molecule has 2 aromatic heterocycles. The van der Waals surface area contributed by atoms with E-state index in [4.69, 9.17) is 0 Å². The summed E-state index contributed by atoms with van der Waals surface area (Å²) >= 11 is 1.40. The Morgan fingerprint density at radius 3 is 2.65 bits per heavy atom. The minimum Gasteiger partial charge on any atom is -0.505 e. The fraction of sp³-hybridized carbons (Fsp3) is 0.200. The van der Waals surface area contributed by atoms with Gasteiger partial charge in [-0.3, -0.25) is 9.36 Å². The Balaban J connectivity index is 2.49. The molecule has 0 aliphatic rings. The summed E-state index contributed by atoms with van der Waals surface area (Å²) in [5, 5.41) is 11.3.